The van der Waals surface area contributed by atoms with Gasteiger partial charge in [-0.3, -0.25) is 9.59 Å². The maximum Gasteiger partial charge on any atom is 0.308 e. The molecular formula is C15H19NO5. The van der Waals surface area contributed by atoms with E-state index in [-0.39, 0.29) is 11.3 Å². The van der Waals surface area contributed by atoms with Crippen molar-refractivity contribution < 1.29 is 24.5 Å². The van der Waals surface area contributed by atoms with Crippen LogP contribution in [-0.4, -0.2) is 35.2 Å². The lowest BCUT2D eigenvalue weighted by Crippen LogP contribution is -2.45. The number of rotatable bonds is 4. The summed E-state index contributed by atoms with van der Waals surface area (Å²) in [6.07, 6.45) is 2.93. The van der Waals surface area contributed by atoms with Crippen molar-refractivity contribution in [1.29, 1.82) is 0 Å². The molecule has 0 heterocycles. The molecule has 2 unspecified atom stereocenters. The molecule has 0 aromatic heterocycles. The number of phenolic OH excluding ortho intramolecular Hbond substituents is 1. The molecule has 1 fully saturated rings. The van der Waals surface area contributed by atoms with Gasteiger partial charge < -0.3 is 20.3 Å². The first-order valence-electron chi connectivity index (χ1n) is 6.93. The summed E-state index contributed by atoms with van der Waals surface area (Å²) in [6, 6.07) is 3.95. The largest absolute Gasteiger partial charge is 0.507 e. The minimum absolute atomic E-state index is 0.0871. The average Bonchev–Trinajstić information content (AvgIpc) is 2.48. The molecule has 1 aliphatic carbocycles. The van der Waals surface area contributed by atoms with Crippen LogP contribution in [0.3, 0.4) is 0 Å². The number of methoxy groups -OCH3 is 1. The predicted molar refractivity (Wildman–Crippen MR) is 75.5 cm³/mol. The SMILES string of the molecule is COc1ccc(O)c(C(=O)NC2CCCCC2C(=O)O)c1. The number of carbonyl (C=O) groups excluding carboxylic acids is 1. The maximum atomic E-state index is 12.3. The van der Waals surface area contributed by atoms with E-state index < -0.39 is 23.8 Å². The summed E-state index contributed by atoms with van der Waals surface area (Å²) in [5.74, 6) is -1.65. The quantitative estimate of drug-likeness (QED) is 0.786. The molecule has 1 saturated carbocycles. The van der Waals surface area contributed by atoms with Gasteiger partial charge in [-0.05, 0) is 31.0 Å². The highest BCUT2D eigenvalue weighted by Gasteiger charge is 2.32. The highest BCUT2D eigenvalue weighted by atomic mass is 16.5. The predicted octanol–water partition coefficient (Wildman–Crippen LogP) is 1.77. The van der Waals surface area contributed by atoms with Gasteiger partial charge in [0.15, 0.2) is 0 Å². The molecule has 1 aromatic rings. The van der Waals surface area contributed by atoms with E-state index in [9.17, 15) is 19.8 Å². The number of nitrogens with one attached hydrogen (secondary N) is 1. The highest BCUT2D eigenvalue weighted by molar-refractivity contribution is 5.97. The Hall–Kier alpha value is -2.24. The lowest BCUT2D eigenvalue weighted by atomic mass is 9.84. The number of aliphatic carboxylic acids is 1. The molecule has 6 nitrogen and oxygen atoms in total. The van der Waals surface area contributed by atoms with Gasteiger partial charge in [0.05, 0.1) is 18.6 Å². The Morgan fingerprint density at radius 3 is 2.67 bits per heavy atom. The summed E-state index contributed by atoms with van der Waals surface area (Å²) in [7, 11) is 1.47. The normalized spacial score (nSPS) is 21.6. The highest BCUT2D eigenvalue weighted by Crippen LogP contribution is 2.27. The van der Waals surface area contributed by atoms with E-state index in [4.69, 9.17) is 4.74 Å². The topological polar surface area (TPSA) is 95.9 Å². The maximum absolute atomic E-state index is 12.3. The van der Waals surface area contributed by atoms with Gasteiger partial charge in [0.25, 0.3) is 5.91 Å². The number of ether oxygens (including phenoxy) is 1. The Morgan fingerprint density at radius 1 is 1.29 bits per heavy atom. The van der Waals surface area contributed by atoms with Crippen LogP contribution in [0, 0.1) is 5.92 Å². The number of benzene rings is 1. The summed E-state index contributed by atoms with van der Waals surface area (Å²) in [4.78, 5) is 23.5. The van der Waals surface area contributed by atoms with E-state index in [1.54, 1.807) is 6.07 Å². The monoisotopic (exact) mass is 293 g/mol. The number of carbonyl (C=O) groups is 2. The van der Waals surface area contributed by atoms with Gasteiger partial charge >= 0.3 is 5.97 Å². The molecule has 1 aliphatic rings. The van der Waals surface area contributed by atoms with Crippen LogP contribution in [-0.2, 0) is 4.79 Å². The Morgan fingerprint density at radius 2 is 2.00 bits per heavy atom. The number of carboxylic acids is 1. The number of phenols is 1. The Labute approximate surface area is 122 Å². The van der Waals surface area contributed by atoms with E-state index >= 15 is 0 Å². The van der Waals surface area contributed by atoms with Crippen molar-refractivity contribution in [3.05, 3.63) is 23.8 Å². The van der Waals surface area contributed by atoms with Crippen LogP contribution in [0.1, 0.15) is 36.0 Å². The van der Waals surface area contributed by atoms with Gasteiger partial charge in [0, 0.05) is 6.04 Å². The van der Waals surface area contributed by atoms with Crippen LogP contribution >= 0.6 is 0 Å². The minimum Gasteiger partial charge on any atom is -0.507 e. The molecule has 6 heteroatoms. The van der Waals surface area contributed by atoms with E-state index in [1.807, 2.05) is 0 Å². The van der Waals surface area contributed by atoms with Crippen LogP contribution in [0.2, 0.25) is 0 Å². The van der Waals surface area contributed by atoms with Crippen molar-refractivity contribution in [3.8, 4) is 11.5 Å². The summed E-state index contributed by atoms with van der Waals surface area (Å²) < 4.78 is 5.02. The number of hydrogen-bond acceptors (Lipinski definition) is 4. The first-order valence-corrected chi connectivity index (χ1v) is 6.93. The summed E-state index contributed by atoms with van der Waals surface area (Å²) in [5.41, 5.74) is 0.0871. The second kappa shape index (κ2) is 6.47. The smallest absolute Gasteiger partial charge is 0.308 e. The van der Waals surface area contributed by atoms with Gasteiger partial charge in [-0.15, -0.1) is 0 Å². The summed E-state index contributed by atoms with van der Waals surface area (Å²) >= 11 is 0. The molecule has 3 N–H and O–H groups in total. The Bertz CT molecular complexity index is 543. The third kappa shape index (κ3) is 3.45. The molecule has 0 spiro atoms. The van der Waals surface area contributed by atoms with E-state index in [2.05, 4.69) is 5.32 Å². The summed E-state index contributed by atoms with van der Waals surface area (Å²) in [6.45, 7) is 0. The molecule has 1 aromatic carbocycles. The lowest BCUT2D eigenvalue weighted by molar-refractivity contribution is -0.143. The van der Waals surface area contributed by atoms with Crippen molar-refractivity contribution in [2.75, 3.05) is 7.11 Å². The first-order chi connectivity index (χ1) is 10.0. The van der Waals surface area contributed by atoms with Gasteiger partial charge in [-0.25, -0.2) is 0 Å². The van der Waals surface area contributed by atoms with Gasteiger partial charge in [0.2, 0.25) is 0 Å². The number of carboxylic acid groups (broad SMARTS) is 1. The number of amides is 1. The molecule has 2 atom stereocenters. The van der Waals surface area contributed by atoms with Crippen molar-refractivity contribution in [2.45, 2.75) is 31.7 Å². The van der Waals surface area contributed by atoms with Crippen LogP contribution < -0.4 is 10.1 Å². The Balaban J connectivity index is 2.15. The van der Waals surface area contributed by atoms with Gasteiger partial charge in [-0.2, -0.15) is 0 Å². The molecule has 21 heavy (non-hydrogen) atoms. The zero-order valence-electron chi connectivity index (χ0n) is 11.8. The fourth-order valence-corrected chi connectivity index (χ4v) is 2.67. The van der Waals surface area contributed by atoms with Gasteiger partial charge in [0.1, 0.15) is 11.5 Å². The lowest BCUT2D eigenvalue weighted by Gasteiger charge is -2.29. The molecule has 1 amide bonds. The van der Waals surface area contributed by atoms with Crippen LogP contribution in [0.15, 0.2) is 18.2 Å². The minimum atomic E-state index is -0.894. The second-order valence-electron chi connectivity index (χ2n) is 5.19. The third-order valence-corrected chi connectivity index (χ3v) is 3.85. The van der Waals surface area contributed by atoms with E-state index in [1.165, 1.54) is 19.2 Å². The van der Waals surface area contributed by atoms with Crippen LogP contribution in [0.5, 0.6) is 11.5 Å². The van der Waals surface area contributed by atoms with Crippen molar-refractivity contribution in [2.24, 2.45) is 5.92 Å². The third-order valence-electron chi connectivity index (χ3n) is 3.85. The molecule has 0 radical (unpaired) electrons. The first kappa shape index (κ1) is 15.2. The van der Waals surface area contributed by atoms with Crippen LogP contribution in [0.4, 0.5) is 0 Å². The number of aromatic hydroxyl groups is 1. The zero-order valence-corrected chi connectivity index (χ0v) is 11.8. The molecule has 0 saturated heterocycles. The van der Waals surface area contributed by atoms with E-state index in [0.29, 0.717) is 18.6 Å². The fraction of sp³-hybridized carbons (Fsp3) is 0.467. The summed E-state index contributed by atoms with van der Waals surface area (Å²) in [5, 5.41) is 21.7. The standard InChI is InChI=1S/C15H19NO5/c1-21-9-6-7-13(17)11(8-9)14(18)16-12-5-3-2-4-10(12)15(19)20/h6-8,10,12,17H,2-5H2,1H3,(H,16,18)(H,19,20). The van der Waals surface area contributed by atoms with E-state index in [0.717, 1.165) is 12.8 Å². The molecule has 0 bridgehead atoms. The zero-order chi connectivity index (χ0) is 15.4. The molecular weight excluding hydrogens is 274 g/mol. The van der Waals surface area contributed by atoms with Gasteiger partial charge in [-0.1, -0.05) is 12.8 Å². The average molecular weight is 293 g/mol. The Kier molecular flexibility index (Phi) is 4.67. The molecule has 114 valence electrons. The second-order valence-corrected chi connectivity index (χ2v) is 5.19. The van der Waals surface area contributed by atoms with Crippen LogP contribution in [0.25, 0.3) is 0 Å². The van der Waals surface area contributed by atoms with Crippen molar-refractivity contribution >= 4 is 11.9 Å². The number of hydrogen-bond donors (Lipinski definition) is 3. The van der Waals surface area contributed by atoms with Crippen molar-refractivity contribution in [3.63, 3.8) is 0 Å². The molecule has 0 aliphatic heterocycles. The fourth-order valence-electron chi connectivity index (χ4n) is 2.67. The van der Waals surface area contributed by atoms with Crippen molar-refractivity contribution in [1.82, 2.24) is 5.32 Å². The molecule has 2 rings (SSSR count).